The summed E-state index contributed by atoms with van der Waals surface area (Å²) in [5, 5.41) is 11.4. The molecule has 1 aromatic carbocycles. The Labute approximate surface area is 141 Å². The molecule has 1 fully saturated rings. The first kappa shape index (κ1) is 18.0. The van der Waals surface area contributed by atoms with Crippen LogP contribution in [0.3, 0.4) is 0 Å². The van der Waals surface area contributed by atoms with Crippen molar-refractivity contribution >= 4 is 17.8 Å². The van der Waals surface area contributed by atoms with Crippen LogP contribution in [0, 0.1) is 6.92 Å². The molecule has 24 heavy (non-hydrogen) atoms. The van der Waals surface area contributed by atoms with Crippen LogP contribution in [0.1, 0.15) is 43.2 Å². The highest BCUT2D eigenvalue weighted by Crippen LogP contribution is 2.22. The monoisotopic (exact) mass is 332 g/mol. The molecule has 1 heterocycles. The molecule has 6 heteroatoms. The summed E-state index contributed by atoms with van der Waals surface area (Å²) in [5.41, 5.74) is 2.16. The number of carbonyl (C=O) groups is 3. The predicted octanol–water partition coefficient (Wildman–Crippen LogP) is 1.86. The third kappa shape index (κ3) is 5.08. The van der Waals surface area contributed by atoms with E-state index >= 15 is 0 Å². The fourth-order valence-electron chi connectivity index (χ4n) is 2.83. The maximum absolute atomic E-state index is 12.3. The minimum absolute atomic E-state index is 0.00148. The summed E-state index contributed by atoms with van der Waals surface area (Å²) in [6.45, 7) is 2.89. The van der Waals surface area contributed by atoms with Gasteiger partial charge in [0.25, 0.3) is 0 Å². The van der Waals surface area contributed by atoms with E-state index in [2.05, 4.69) is 5.32 Å². The SMILES string of the molecule is Cc1ccc(CN2C(=O)CCC2C(=O)NCCCCC(=O)O)cc1. The minimum Gasteiger partial charge on any atom is -0.481 e. The molecule has 130 valence electrons. The van der Waals surface area contributed by atoms with Gasteiger partial charge in [0, 0.05) is 25.9 Å². The van der Waals surface area contributed by atoms with E-state index in [0.717, 1.165) is 11.1 Å². The lowest BCUT2D eigenvalue weighted by Crippen LogP contribution is -2.44. The first-order valence-electron chi connectivity index (χ1n) is 8.32. The number of carbonyl (C=O) groups excluding carboxylic acids is 2. The van der Waals surface area contributed by atoms with Gasteiger partial charge in [-0.2, -0.15) is 0 Å². The van der Waals surface area contributed by atoms with E-state index in [4.69, 9.17) is 5.11 Å². The first-order chi connectivity index (χ1) is 11.5. The van der Waals surface area contributed by atoms with Crippen LogP contribution in [0.15, 0.2) is 24.3 Å². The van der Waals surface area contributed by atoms with Crippen LogP contribution in [-0.2, 0) is 20.9 Å². The number of aliphatic carboxylic acids is 1. The summed E-state index contributed by atoms with van der Waals surface area (Å²) in [7, 11) is 0. The van der Waals surface area contributed by atoms with Gasteiger partial charge < -0.3 is 15.3 Å². The minimum atomic E-state index is -0.827. The average Bonchev–Trinajstić information content (AvgIpc) is 2.90. The Morgan fingerprint density at radius 2 is 1.96 bits per heavy atom. The lowest BCUT2D eigenvalue weighted by atomic mass is 10.1. The molecule has 1 aliphatic rings. The molecular formula is C18H24N2O4. The van der Waals surface area contributed by atoms with E-state index < -0.39 is 12.0 Å². The number of rotatable bonds is 8. The van der Waals surface area contributed by atoms with Gasteiger partial charge in [-0.05, 0) is 31.7 Å². The molecule has 0 radical (unpaired) electrons. The fourth-order valence-corrected chi connectivity index (χ4v) is 2.83. The molecule has 1 unspecified atom stereocenters. The Morgan fingerprint density at radius 1 is 1.25 bits per heavy atom. The van der Waals surface area contributed by atoms with Crippen molar-refractivity contribution in [3.8, 4) is 0 Å². The van der Waals surface area contributed by atoms with Crippen molar-refractivity contribution in [1.29, 1.82) is 0 Å². The van der Waals surface area contributed by atoms with Gasteiger partial charge in [0.15, 0.2) is 0 Å². The Balaban J connectivity index is 1.85. The lowest BCUT2D eigenvalue weighted by molar-refractivity contribution is -0.137. The molecule has 2 N–H and O–H groups in total. The van der Waals surface area contributed by atoms with Crippen molar-refractivity contribution in [2.75, 3.05) is 6.54 Å². The number of nitrogens with one attached hydrogen (secondary N) is 1. The molecule has 0 aliphatic carbocycles. The molecule has 1 aromatic rings. The number of benzene rings is 1. The average molecular weight is 332 g/mol. The number of carboxylic acid groups (broad SMARTS) is 1. The third-order valence-corrected chi connectivity index (χ3v) is 4.22. The number of carboxylic acids is 1. The molecule has 0 aromatic heterocycles. The zero-order chi connectivity index (χ0) is 17.5. The molecule has 1 atom stereocenters. The number of unbranched alkanes of at least 4 members (excludes halogenated alkanes) is 1. The zero-order valence-corrected chi connectivity index (χ0v) is 14.0. The summed E-state index contributed by atoms with van der Waals surface area (Å²) in [4.78, 5) is 36.5. The number of nitrogens with zero attached hydrogens (tertiary/aromatic N) is 1. The van der Waals surface area contributed by atoms with Crippen molar-refractivity contribution in [1.82, 2.24) is 10.2 Å². The van der Waals surface area contributed by atoms with E-state index in [1.165, 1.54) is 0 Å². The third-order valence-electron chi connectivity index (χ3n) is 4.22. The standard InChI is InChI=1S/C18H24N2O4/c1-13-5-7-14(8-6-13)12-20-15(9-10-16(20)21)18(24)19-11-3-2-4-17(22)23/h5-8,15H,2-4,9-12H2,1H3,(H,19,24)(H,22,23). The van der Waals surface area contributed by atoms with Gasteiger partial charge in [-0.15, -0.1) is 0 Å². The summed E-state index contributed by atoms with van der Waals surface area (Å²) >= 11 is 0. The van der Waals surface area contributed by atoms with Crippen LogP contribution in [0.25, 0.3) is 0 Å². The molecule has 0 bridgehead atoms. The van der Waals surface area contributed by atoms with Gasteiger partial charge >= 0.3 is 5.97 Å². The normalized spacial score (nSPS) is 17.1. The summed E-state index contributed by atoms with van der Waals surface area (Å²) in [6, 6.07) is 7.50. The van der Waals surface area contributed by atoms with Gasteiger partial charge in [-0.3, -0.25) is 14.4 Å². The van der Waals surface area contributed by atoms with Gasteiger partial charge in [-0.25, -0.2) is 0 Å². The van der Waals surface area contributed by atoms with Crippen LogP contribution in [0.2, 0.25) is 0 Å². The van der Waals surface area contributed by atoms with Crippen molar-refractivity contribution in [2.24, 2.45) is 0 Å². The quantitative estimate of drug-likeness (QED) is 0.711. The smallest absolute Gasteiger partial charge is 0.303 e. The van der Waals surface area contributed by atoms with Crippen molar-refractivity contribution in [3.63, 3.8) is 0 Å². The lowest BCUT2D eigenvalue weighted by Gasteiger charge is -2.24. The van der Waals surface area contributed by atoms with E-state index in [9.17, 15) is 14.4 Å². The van der Waals surface area contributed by atoms with E-state index in [1.807, 2.05) is 31.2 Å². The topological polar surface area (TPSA) is 86.7 Å². The second-order valence-electron chi connectivity index (χ2n) is 6.20. The Kier molecular flexibility index (Phi) is 6.35. The van der Waals surface area contributed by atoms with E-state index in [0.29, 0.717) is 38.8 Å². The van der Waals surface area contributed by atoms with Crippen LogP contribution in [0.4, 0.5) is 0 Å². The number of hydrogen-bond donors (Lipinski definition) is 2. The summed E-state index contributed by atoms with van der Waals surface area (Å²) < 4.78 is 0. The number of aryl methyl sites for hydroxylation is 1. The van der Waals surface area contributed by atoms with Crippen molar-refractivity contribution in [3.05, 3.63) is 35.4 Å². The highest BCUT2D eigenvalue weighted by molar-refractivity contribution is 5.90. The van der Waals surface area contributed by atoms with Crippen LogP contribution in [-0.4, -0.2) is 40.4 Å². The fraction of sp³-hybridized carbons (Fsp3) is 0.500. The number of likely N-dealkylation sites (tertiary alicyclic amines) is 1. The zero-order valence-electron chi connectivity index (χ0n) is 14.0. The van der Waals surface area contributed by atoms with E-state index in [-0.39, 0.29) is 18.2 Å². The van der Waals surface area contributed by atoms with E-state index in [1.54, 1.807) is 4.90 Å². The second-order valence-corrected chi connectivity index (χ2v) is 6.20. The van der Waals surface area contributed by atoms with Gasteiger partial charge in [0.05, 0.1) is 0 Å². The second kappa shape index (κ2) is 8.47. The molecule has 0 saturated carbocycles. The number of amides is 2. The van der Waals surface area contributed by atoms with Gasteiger partial charge in [0.2, 0.25) is 11.8 Å². The molecule has 1 saturated heterocycles. The maximum Gasteiger partial charge on any atom is 0.303 e. The van der Waals surface area contributed by atoms with Gasteiger partial charge in [-0.1, -0.05) is 29.8 Å². The molecule has 2 rings (SSSR count). The number of hydrogen-bond acceptors (Lipinski definition) is 3. The largest absolute Gasteiger partial charge is 0.481 e. The Hall–Kier alpha value is -2.37. The first-order valence-corrected chi connectivity index (χ1v) is 8.32. The van der Waals surface area contributed by atoms with Crippen molar-refractivity contribution in [2.45, 2.75) is 51.6 Å². The summed E-state index contributed by atoms with van der Waals surface area (Å²) in [5.74, 6) is -0.975. The van der Waals surface area contributed by atoms with Crippen LogP contribution in [0.5, 0.6) is 0 Å². The van der Waals surface area contributed by atoms with Gasteiger partial charge in [0.1, 0.15) is 6.04 Å². The molecule has 6 nitrogen and oxygen atoms in total. The van der Waals surface area contributed by atoms with Crippen LogP contribution < -0.4 is 5.32 Å². The van der Waals surface area contributed by atoms with Crippen molar-refractivity contribution < 1.29 is 19.5 Å². The predicted molar refractivity (Wildman–Crippen MR) is 89.2 cm³/mol. The molecular weight excluding hydrogens is 308 g/mol. The summed E-state index contributed by atoms with van der Waals surface area (Å²) in [6.07, 6.45) is 2.19. The Morgan fingerprint density at radius 3 is 2.62 bits per heavy atom. The maximum atomic E-state index is 12.3. The highest BCUT2D eigenvalue weighted by Gasteiger charge is 2.35. The molecule has 0 spiro atoms. The Bertz CT molecular complexity index is 598. The van der Waals surface area contributed by atoms with Crippen LogP contribution >= 0.6 is 0 Å². The molecule has 1 aliphatic heterocycles. The highest BCUT2D eigenvalue weighted by atomic mass is 16.4. The molecule has 2 amide bonds.